The van der Waals surface area contributed by atoms with Crippen molar-refractivity contribution in [3.05, 3.63) is 35.1 Å². The molecule has 0 saturated carbocycles. The lowest BCUT2D eigenvalue weighted by Crippen LogP contribution is -2.50. The fraction of sp³-hybridized carbons (Fsp3) is 0.562. The predicted octanol–water partition coefficient (Wildman–Crippen LogP) is 1.66. The first-order valence-corrected chi connectivity index (χ1v) is 7.23. The van der Waals surface area contributed by atoms with E-state index < -0.39 is 11.4 Å². The first kappa shape index (κ1) is 15.9. The van der Waals surface area contributed by atoms with Crippen LogP contribution in [-0.4, -0.2) is 60.1 Å². The van der Waals surface area contributed by atoms with Gasteiger partial charge >= 0.3 is 0 Å². The molecule has 0 unspecified atom stereocenters. The number of hydrogen-bond donors (Lipinski definition) is 1. The van der Waals surface area contributed by atoms with E-state index in [9.17, 15) is 14.3 Å². The highest BCUT2D eigenvalue weighted by molar-refractivity contribution is 5.94. The second kappa shape index (κ2) is 6.12. The van der Waals surface area contributed by atoms with Gasteiger partial charge in [-0.25, -0.2) is 4.39 Å². The molecular formula is C16H23FN2O2. The Labute approximate surface area is 125 Å². The molecule has 0 aromatic heterocycles. The van der Waals surface area contributed by atoms with Gasteiger partial charge in [0.05, 0.1) is 11.2 Å². The van der Waals surface area contributed by atoms with E-state index in [1.54, 1.807) is 19.2 Å². The topological polar surface area (TPSA) is 43.8 Å². The molecule has 1 heterocycles. The minimum atomic E-state index is -0.878. The number of amides is 1. The summed E-state index contributed by atoms with van der Waals surface area (Å²) in [6, 6.07) is 4.49. The number of rotatable bonds is 3. The lowest BCUT2D eigenvalue weighted by molar-refractivity contribution is -0.0330. The van der Waals surface area contributed by atoms with Crippen LogP contribution in [0.15, 0.2) is 18.2 Å². The maximum atomic E-state index is 13.8. The second-order valence-electron chi connectivity index (χ2n) is 6.17. The fourth-order valence-electron chi connectivity index (χ4n) is 2.71. The first-order valence-electron chi connectivity index (χ1n) is 7.23. The summed E-state index contributed by atoms with van der Waals surface area (Å²) in [5.41, 5.74) is 0.0252. The zero-order valence-electron chi connectivity index (χ0n) is 12.9. The van der Waals surface area contributed by atoms with Crippen LogP contribution in [0.5, 0.6) is 0 Å². The Kier molecular flexibility index (Phi) is 4.64. The average molecular weight is 294 g/mol. The lowest BCUT2D eigenvalue weighted by Gasteiger charge is -2.38. The largest absolute Gasteiger partial charge is 0.388 e. The summed E-state index contributed by atoms with van der Waals surface area (Å²) in [6.45, 7) is 3.66. The smallest absolute Gasteiger partial charge is 0.256 e. The molecule has 21 heavy (non-hydrogen) atoms. The zero-order valence-corrected chi connectivity index (χ0v) is 12.9. The van der Waals surface area contributed by atoms with Crippen LogP contribution < -0.4 is 0 Å². The summed E-state index contributed by atoms with van der Waals surface area (Å²) in [4.78, 5) is 15.9. The van der Waals surface area contributed by atoms with Crippen molar-refractivity contribution in [2.75, 3.05) is 33.7 Å². The fourth-order valence-corrected chi connectivity index (χ4v) is 2.71. The van der Waals surface area contributed by atoms with Crippen molar-refractivity contribution < 1.29 is 14.3 Å². The molecule has 1 fully saturated rings. The van der Waals surface area contributed by atoms with Crippen LogP contribution in [0, 0.1) is 12.7 Å². The van der Waals surface area contributed by atoms with Gasteiger partial charge in [-0.1, -0.05) is 11.6 Å². The van der Waals surface area contributed by atoms with Gasteiger partial charge in [0.15, 0.2) is 0 Å². The second-order valence-corrected chi connectivity index (χ2v) is 6.17. The monoisotopic (exact) mass is 294 g/mol. The molecule has 1 amide bonds. The van der Waals surface area contributed by atoms with Crippen LogP contribution in [0.2, 0.25) is 0 Å². The summed E-state index contributed by atoms with van der Waals surface area (Å²) in [5.74, 6) is -0.906. The average Bonchev–Trinajstić information content (AvgIpc) is 2.44. The number of nitrogens with zero attached hydrogens (tertiary/aromatic N) is 2. The van der Waals surface area contributed by atoms with Gasteiger partial charge < -0.3 is 14.9 Å². The third-order valence-corrected chi connectivity index (χ3v) is 4.15. The molecule has 0 bridgehead atoms. The molecule has 0 aliphatic carbocycles. The molecule has 1 saturated heterocycles. The van der Waals surface area contributed by atoms with E-state index in [1.807, 2.05) is 14.0 Å². The van der Waals surface area contributed by atoms with E-state index in [1.165, 1.54) is 11.0 Å². The SMILES string of the molecule is Cc1ccc(F)c(C(=O)N(C)CC2(O)CCN(C)CC2)c1. The van der Waals surface area contributed by atoms with E-state index >= 15 is 0 Å². The highest BCUT2D eigenvalue weighted by atomic mass is 19.1. The Balaban J connectivity index is 2.07. The molecule has 4 nitrogen and oxygen atoms in total. The summed E-state index contributed by atoms with van der Waals surface area (Å²) in [7, 11) is 3.62. The highest BCUT2D eigenvalue weighted by Crippen LogP contribution is 2.23. The highest BCUT2D eigenvalue weighted by Gasteiger charge is 2.34. The molecule has 116 valence electrons. The molecule has 0 radical (unpaired) electrons. The molecule has 1 N–H and O–H groups in total. The number of halogens is 1. The van der Waals surface area contributed by atoms with Crippen molar-refractivity contribution in [3.8, 4) is 0 Å². The molecule has 1 aromatic carbocycles. The number of aliphatic hydroxyl groups is 1. The van der Waals surface area contributed by atoms with E-state index in [2.05, 4.69) is 4.90 Å². The van der Waals surface area contributed by atoms with Crippen molar-refractivity contribution in [2.45, 2.75) is 25.4 Å². The van der Waals surface area contributed by atoms with Gasteiger partial charge in [-0.15, -0.1) is 0 Å². The van der Waals surface area contributed by atoms with Crippen LogP contribution in [0.3, 0.4) is 0 Å². The summed E-state index contributed by atoms with van der Waals surface area (Å²) >= 11 is 0. The van der Waals surface area contributed by atoms with Gasteiger partial charge in [0.1, 0.15) is 5.82 Å². The summed E-state index contributed by atoms with van der Waals surface area (Å²) < 4.78 is 13.8. The van der Waals surface area contributed by atoms with Crippen molar-refractivity contribution in [1.29, 1.82) is 0 Å². The maximum Gasteiger partial charge on any atom is 0.256 e. The van der Waals surface area contributed by atoms with Gasteiger partial charge in [-0.3, -0.25) is 4.79 Å². The molecule has 5 heteroatoms. The molecule has 1 aliphatic heterocycles. The van der Waals surface area contributed by atoms with Gasteiger partial charge in [0.25, 0.3) is 5.91 Å². The Morgan fingerprint density at radius 2 is 2.05 bits per heavy atom. The van der Waals surface area contributed by atoms with Crippen LogP contribution in [0.25, 0.3) is 0 Å². The quantitative estimate of drug-likeness (QED) is 0.922. The molecular weight excluding hydrogens is 271 g/mol. The standard InChI is InChI=1S/C16H23FN2O2/c1-12-4-5-14(17)13(10-12)15(20)19(3)11-16(21)6-8-18(2)9-7-16/h4-5,10,21H,6-9,11H2,1-3H3. The van der Waals surface area contributed by atoms with Crippen LogP contribution >= 0.6 is 0 Å². The van der Waals surface area contributed by atoms with Crippen molar-refractivity contribution >= 4 is 5.91 Å². The minimum Gasteiger partial charge on any atom is -0.388 e. The van der Waals surface area contributed by atoms with Gasteiger partial charge in [0.2, 0.25) is 0 Å². The Bertz CT molecular complexity index is 525. The first-order chi connectivity index (χ1) is 9.81. The van der Waals surface area contributed by atoms with E-state index in [4.69, 9.17) is 0 Å². The number of benzene rings is 1. The van der Waals surface area contributed by atoms with Crippen LogP contribution in [-0.2, 0) is 0 Å². The number of aryl methyl sites for hydroxylation is 1. The Morgan fingerprint density at radius 3 is 2.67 bits per heavy atom. The third-order valence-electron chi connectivity index (χ3n) is 4.15. The molecule has 2 rings (SSSR count). The van der Waals surface area contributed by atoms with E-state index in [-0.39, 0.29) is 18.0 Å². The lowest BCUT2D eigenvalue weighted by atomic mass is 9.91. The van der Waals surface area contributed by atoms with Gasteiger partial charge in [-0.2, -0.15) is 0 Å². The van der Waals surface area contributed by atoms with Crippen molar-refractivity contribution in [2.24, 2.45) is 0 Å². The van der Waals surface area contributed by atoms with Gasteiger partial charge in [-0.05, 0) is 38.9 Å². The number of likely N-dealkylation sites (N-methyl/N-ethyl adjacent to an activating group) is 1. The number of carbonyl (C=O) groups excluding carboxylic acids is 1. The number of piperidine rings is 1. The molecule has 0 atom stereocenters. The number of carbonyl (C=O) groups is 1. The van der Waals surface area contributed by atoms with Crippen molar-refractivity contribution in [1.82, 2.24) is 9.80 Å². The minimum absolute atomic E-state index is 0.0639. The number of likely N-dealkylation sites (tertiary alicyclic amines) is 1. The van der Waals surface area contributed by atoms with Crippen LogP contribution in [0.1, 0.15) is 28.8 Å². The summed E-state index contributed by atoms with van der Waals surface area (Å²) in [5, 5.41) is 10.6. The Morgan fingerprint density at radius 1 is 1.43 bits per heavy atom. The molecule has 1 aliphatic rings. The molecule has 1 aromatic rings. The normalized spacial score (nSPS) is 18.5. The zero-order chi connectivity index (χ0) is 15.6. The Hall–Kier alpha value is -1.46. The van der Waals surface area contributed by atoms with E-state index in [0.29, 0.717) is 12.8 Å². The maximum absolute atomic E-state index is 13.8. The predicted molar refractivity (Wildman–Crippen MR) is 79.8 cm³/mol. The van der Waals surface area contributed by atoms with E-state index in [0.717, 1.165) is 18.7 Å². The number of hydrogen-bond acceptors (Lipinski definition) is 3. The van der Waals surface area contributed by atoms with Crippen LogP contribution in [0.4, 0.5) is 4.39 Å². The summed E-state index contributed by atoms with van der Waals surface area (Å²) in [6.07, 6.45) is 1.24. The third kappa shape index (κ3) is 3.80. The molecule has 0 spiro atoms. The van der Waals surface area contributed by atoms with Gasteiger partial charge in [0, 0.05) is 26.7 Å². The van der Waals surface area contributed by atoms with Crippen molar-refractivity contribution in [3.63, 3.8) is 0 Å².